The second kappa shape index (κ2) is 7.41. The third kappa shape index (κ3) is 3.47. The molecule has 0 aliphatic heterocycles. The van der Waals surface area contributed by atoms with E-state index < -0.39 is 11.2 Å². The number of rotatable bonds is 5. The Balaban J connectivity index is 1.89. The van der Waals surface area contributed by atoms with Gasteiger partial charge in [-0.2, -0.15) is 0 Å². The Morgan fingerprint density at radius 2 is 1.79 bits per heavy atom. The molecule has 1 N–H and O–H groups in total. The first kappa shape index (κ1) is 19.5. The molecular weight excluding hydrogens is 365 g/mol. The average molecular weight is 387 g/mol. The largest absolute Gasteiger partial charge is 0.347 e. The summed E-state index contributed by atoms with van der Waals surface area (Å²) >= 11 is 0. The van der Waals surface area contributed by atoms with Gasteiger partial charge in [0.25, 0.3) is 5.56 Å². The van der Waals surface area contributed by atoms with Crippen LogP contribution in [0, 0.1) is 11.7 Å². The van der Waals surface area contributed by atoms with Gasteiger partial charge >= 0.3 is 5.69 Å². The highest BCUT2D eigenvalue weighted by Gasteiger charge is 2.20. The maximum Gasteiger partial charge on any atom is 0.332 e. The molecule has 0 saturated carbocycles. The lowest BCUT2D eigenvalue weighted by Crippen LogP contribution is -2.38. The maximum atomic E-state index is 13.2. The van der Waals surface area contributed by atoms with Crippen LogP contribution in [0.25, 0.3) is 11.2 Å². The fourth-order valence-corrected chi connectivity index (χ4v) is 3.20. The number of aromatic nitrogens is 4. The van der Waals surface area contributed by atoms with Gasteiger partial charge in [-0.05, 0) is 23.6 Å². The van der Waals surface area contributed by atoms with E-state index in [-0.39, 0.29) is 41.4 Å². The number of hydrogen-bond acceptors (Lipinski definition) is 4. The predicted molar refractivity (Wildman–Crippen MR) is 102 cm³/mol. The van der Waals surface area contributed by atoms with Crippen molar-refractivity contribution in [2.24, 2.45) is 20.0 Å². The molecule has 1 amide bonds. The molecule has 1 aromatic carbocycles. The van der Waals surface area contributed by atoms with Crippen LogP contribution in [0.2, 0.25) is 0 Å². The molecule has 1 atom stereocenters. The van der Waals surface area contributed by atoms with Crippen LogP contribution < -0.4 is 16.6 Å². The maximum absolute atomic E-state index is 13.2. The fourth-order valence-electron chi connectivity index (χ4n) is 3.20. The van der Waals surface area contributed by atoms with E-state index in [4.69, 9.17) is 0 Å². The van der Waals surface area contributed by atoms with Gasteiger partial charge in [-0.15, -0.1) is 0 Å². The van der Waals surface area contributed by atoms with Crippen LogP contribution in [0.4, 0.5) is 4.39 Å². The molecule has 28 heavy (non-hydrogen) atoms. The van der Waals surface area contributed by atoms with Crippen LogP contribution in [-0.4, -0.2) is 24.6 Å². The molecular formula is C19H22FN5O3. The molecule has 0 aliphatic carbocycles. The number of fused-ring (bicyclic) bond motifs is 1. The lowest BCUT2D eigenvalue weighted by atomic mass is 9.96. The van der Waals surface area contributed by atoms with E-state index in [9.17, 15) is 18.8 Å². The fraction of sp³-hybridized carbons (Fsp3) is 0.368. The zero-order valence-electron chi connectivity index (χ0n) is 16.1. The topological polar surface area (TPSA) is 90.9 Å². The van der Waals surface area contributed by atoms with Crippen LogP contribution in [0.3, 0.4) is 0 Å². The van der Waals surface area contributed by atoms with Gasteiger partial charge < -0.3 is 9.88 Å². The van der Waals surface area contributed by atoms with E-state index in [1.165, 1.54) is 41.7 Å². The Morgan fingerprint density at radius 3 is 2.39 bits per heavy atom. The van der Waals surface area contributed by atoms with Crippen LogP contribution in [0.1, 0.15) is 25.5 Å². The summed E-state index contributed by atoms with van der Waals surface area (Å²) in [6.07, 6.45) is 1.37. The Kier molecular flexibility index (Phi) is 5.17. The van der Waals surface area contributed by atoms with Crippen molar-refractivity contribution in [3.05, 3.63) is 62.8 Å². The standard InChI is InChI=1S/C19H22FN5O3/c1-11(2)15(12-5-7-13(20)8-6-12)22-14(26)9-25-10-21-17-16(25)18(27)24(4)19(28)23(17)3/h5-8,10-11,15H,9H2,1-4H3,(H,22,26)/t15-/m1/s1. The first-order valence-electron chi connectivity index (χ1n) is 8.86. The first-order chi connectivity index (χ1) is 13.2. The summed E-state index contributed by atoms with van der Waals surface area (Å²) in [6.45, 7) is 3.77. The number of halogens is 1. The third-order valence-corrected chi connectivity index (χ3v) is 4.74. The minimum Gasteiger partial charge on any atom is -0.347 e. The van der Waals surface area contributed by atoms with E-state index in [1.807, 2.05) is 13.8 Å². The highest BCUT2D eigenvalue weighted by atomic mass is 19.1. The van der Waals surface area contributed by atoms with Crippen molar-refractivity contribution in [2.45, 2.75) is 26.4 Å². The van der Waals surface area contributed by atoms with Crippen molar-refractivity contribution in [3.8, 4) is 0 Å². The number of imidazole rings is 1. The molecule has 0 radical (unpaired) electrons. The van der Waals surface area contributed by atoms with Gasteiger partial charge in [-0.3, -0.25) is 18.7 Å². The predicted octanol–water partition coefficient (Wildman–Crippen LogP) is 1.09. The summed E-state index contributed by atoms with van der Waals surface area (Å²) in [5.74, 6) is -0.593. The zero-order chi connectivity index (χ0) is 20.6. The quantitative estimate of drug-likeness (QED) is 0.709. The molecule has 2 aromatic heterocycles. The Labute approximate surface area is 160 Å². The summed E-state index contributed by atoms with van der Waals surface area (Å²) in [5, 5.41) is 2.93. The highest BCUT2D eigenvalue weighted by molar-refractivity contribution is 5.79. The molecule has 8 nitrogen and oxygen atoms in total. The molecule has 3 aromatic rings. The molecule has 0 bridgehead atoms. The number of carbonyl (C=O) groups excluding carboxylic acids is 1. The minimum absolute atomic E-state index is 0.0719. The van der Waals surface area contributed by atoms with Gasteiger partial charge in [0.2, 0.25) is 5.91 Å². The SMILES string of the molecule is CC(C)[C@@H](NC(=O)Cn1cnc2c1c(=O)n(C)c(=O)n2C)c1ccc(F)cc1. The molecule has 0 fully saturated rings. The number of nitrogens with zero attached hydrogens (tertiary/aromatic N) is 4. The number of carbonyl (C=O) groups is 1. The summed E-state index contributed by atoms with van der Waals surface area (Å²) in [5.41, 5.74) is 0.201. The third-order valence-electron chi connectivity index (χ3n) is 4.74. The van der Waals surface area contributed by atoms with Gasteiger partial charge in [0.1, 0.15) is 12.4 Å². The normalized spacial score (nSPS) is 12.5. The van der Waals surface area contributed by atoms with Gasteiger partial charge in [-0.1, -0.05) is 26.0 Å². The lowest BCUT2D eigenvalue weighted by Gasteiger charge is -2.23. The zero-order valence-corrected chi connectivity index (χ0v) is 16.1. The van der Waals surface area contributed by atoms with Crippen molar-refractivity contribution < 1.29 is 9.18 Å². The van der Waals surface area contributed by atoms with Crippen molar-refractivity contribution in [3.63, 3.8) is 0 Å². The Morgan fingerprint density at radius 1 is 1.14 bits per heavy atom. The smallest absolute Gasteiger partial charge is 0.332 e. The summed E-state index contributed by atoms with van der Waals surface area (Å²) in [4.78, 5) is 41.2. The molecule has 0 spiro atoms. The lowest BCUT2D eigenvalue weighted by molar-refractivity contribution is -0.122. The molecule has 3 rings (SSSR count). The number of amides is 1. The van der Waals surface area contributed by atoms with Crippen molar-refractivity contribution in [1.29, 1.82) is 0 Å². The van der Waals surface area contributed by atoms with Gasteiger partial charge in [0.15, 0.2) is 11.2 Å². The van der Waals surface area contributed by atoms with E-state index >= 15 is 0 Å². The van der Waals surface area contributed by atoms with Gasteiger partial charge in [-0.25, -0.2) is 14.2 Å². The highest BCUT2D eigenvalue weighted by Crippen LogP contribution is 2.22. The summed E-state index contributed by atoms with van der Waals surface area (Å²) in [7, 11) is 2.90. The van der Waals surface area contributed by atoms with Crippen molar-refractivity contribution >= 4 is 17.1 Å². The van der Waals surface area contributed by atoms with Crippen LogP contribution in [0.15, 0.2) is 40.2 Å². The van der Waals surface area contributed by atoms with E-state index in [1.54, 1.807) is 12.1 Å². The molecule has 0 unspecified atom stereocenters. The molecule has 2 heterocycles. The average Bonchev–Trinajstić information content (AvgIpc) is 3.07. The van der Waals surface area contributed by atoms with E-state index in [2.05, 4.69) is 10.3 Å². The monoisotopic (exact) mass is 387 g/mol. The second-order valence-corrected chi connectivity index (χ2v) is 7.09. The van der Waals surface area contributed by atoms with Gasteiger partial charge in [0, 0.05) is 14.1 Å². The number of nitrogens with one attached hydrogen (secondary N) is 1. The number of hydrogen-bond donors (Lipinski definition) is 1. The van der Waals surface area contributed by atoms with Crippen molar-refractivity contribution in [1.82, 2.24) is 24.0 Å². The van der Waals surface area contributed by atoms with Gasteiger partial charge in [0.05, 0.1) is 12.4 Å². The first-order valence-corrected chi connectivity index (χ1v) is 8.86. The van der Waals surface area contributed by atoms with Crippen LogP contribution in [0.5, 0.6) is 0 Å². The van der Waals surface area contributed by atoms with Crippen LogP contribution in [-0.2, 0) is 25.4 Å². The number of benzene rings is 1. The summed E-state index contributed by atoms with van der Waals surface area (Å²) < 4.78 is 16.9. The minimum atomic E-state index is -0.512. The Hall–Kier alpha value is -3.23. The Bertz CT molecular complexity index is 1140. The molecule has 148 valence electrons. The van der Waals surface area contributed by atoms with Crippen LogP contribution >= 0.6 is 0 Å². The van der Waals surface area contributed by atoms with E-state index in [0.29, 0.717) is 0 Å². The molecule has 0 aliphatic rings. The molecule has 0 saturated heterocycles. The number of aryl methyl sites for hydroxylation is 1. The second-order valence-electron chi connectivity index (χ2n) is 7.09. The van der Waals surface area contributed by atoms with E-state index in [0.717, 1.165) is 10.1 Å². The van der Waals surface area contributed by atoms with Crippen molar-refractivity contribution in [2.75, 3.05) is 0 Å². The molecule has 9 heteroatoms. The summed E-state index contributed by atoms with van der Waals surface area (Å²) in [6, 6.07) is 5.67.